The van der Waals surface area contributed by atoms with Gasteiger partial charge in [0.05, 0.1) is 17.1 Å². The SMILES string of the molecule is CC(c1ccccc1F)N1C(=O)c2ccccc2C1(O)c1ccc2[nH]c(NC(=O)O)nc2c1. The van der Waals surface area contributed by atoms with E-state index in [9.17, 15) is 19.1 Å². The Balaban J connectivity index is 1.69. The zero-order valence-electron chi connectivity index (χ0n) is 17.4. The Morgan fingerprint density at radius 3 is 2.64 bits per heavy atom. The molecule has 0 bridgehead atoms. The predicted octanol–water partition coefficient (Wildman–Crippen LogP) is 4.20. The van der Waals surface area contributed by atoms with Crippen LogP contribution in [0.25, 0.3) is 11.0 Å². The number of halogens is 1. The third kappa shape index (κ3) is 3.13. The summed E-state index contributed by atoms with van der Waals surface area (Å²) in [5, 5.41) is 23.2. The molecule has 1 aliphatic rings. The number of carboxylic acid groups (broad SMARTS) is 1. The van der Waals surface area contributed by atoms with Crippen LogP contribution < -0.4 is 5.32 Å². The minimum Gasteiger partial charge on any atom is -0.465 e. The molecule has 1 aliphatic heterocycles. The van der Waals surface area contributed by atoms with Crippen LogP contribution in [0, 0.1) is 5.82 Å². The molecule has 1 aromatic heterocycles. The quantitative estimate of drug-likeness (QED) is 0.375. The molecule has 5 rings (SSSR count). The van der Waals surface area contributed by atoms with Crippen LogP contribution in [0.1, 0.15) is 40.0 Å². The monoisotopic (exact) mass is 446 g/mol. The summed E-state index contributed by atoms with van der Waals surface area (Å²) in [6.07, 6.45) is -1.27. The van der Waals surface area contributed by atoms with Gasteiger partial charge < -0.3 is 15.2 Å². The van der Waals surface area contributed by atoms with Crippen LogP contribution in [-0.2, 0) is 5.72 Å². The molecule has 2 heterocycles. The van der Waals surface area contributed by atoms with E-state index >= 15 is 0 Å². The van der Waals surface area contributed by atoms with Gasteiger partial charge in [0, 0.05) is 22.3 Å². The molecule has 0 radical (unpaired) electrons. The summed E-state index contributed by atoms with van der Waals surface area (Å²) in [7, 11) is 0. The number of carbonyl (C=O) groups is 2. The average molecular weight is 446 g/mol. The van der Waals surface area contributed by atoms with Crippen LogP contribution in [0.4, 0.5) is 15.1 Å². The number of aliphatic hydroxyl groups is 1. The molecule has 2 amide bonds. The van der Waals surface area contributed by atoms with E-state index in [0.717, 1.165) is 0 Å². The van der Waals surface area contributed by atoms with Gasteiger partial charge in [-0.2, -0.15) is 0 Å². The summed E-state index contributed by atoms with van der Waals surface area (Å²) in [5.74, 6) is -0.886. The van der Waals surface area contributed by atoms with Crippen LogP contribution >= 0.6 is 0 Å². The average Bonchev–Trinajstić information content (AvgIpc) is 3.29. The van der Waals surface area contributed by atoms with E-state index in [1.807, 2.05) is 0 Å². The second-order valence-corrected chi connectivity index (χ2v) is 7.84. The number of anilines is 1. The minimum absolute atomic E-state index is 0.0288. The number of hydrogen-bond acceptors (Lipinski definition) is 4. The highest BCUT2D eigenvalue weighted by atomic mass is 19.1. The fourth-order valence-electron chi connectivity index (χ4n) is 4.47. The molecule has 4 aromatic rings. The van der Waals surface area contributed by atoms with Gasteiger partial charge in [-0.1, -0.05) is 42.5 Å². The van der Waals surface area contributed by atoms with Gasteiger partial charge in [0.1, 0.15) is 5.82 Å². The minimum atomic E-state index is -1.90. The van der Waals surface area contributed by atoms with Crippen LogP contribution in [0.5, 0.6) is 0 Å². The fraction of sp³-hybridized carbons (Fsp3) is 0.125. The molecular formula is C24H19FN4O4. The Hall–Kier alpha value is -4.24. The largest absolute Gasteiger partial charge is 0.465 e. The number of amides is 2. The van der Waals surface area contributed by atoms with Crippen molar-refractivity contribution in [1.29, 1.82) is 0 Å². The van der Waals surface area contributed by atoms with Crippen molar-refractivity contribution in [3.05, 3.63) is 94.8 Å². The number of aromatic nitrogens is 2. The Morgan fingerprint density at radius 2 is 1.88 bits per heavy atom. The van der Waals surface area contributed by atoms with Crippen LogP contribution in [0.2, 0.25) is 0 Å². The van der Waals surface area contributed by atoms with Gasteiger partial charge in [0.15, 0.2) is 5.72 Å². The first-order chi connectivity index (χ1) is 15.8. The molecule has 0 saturated carbocycles. The number of aromatic amines is 1. The lowest BCUT2D eigenvalue weighted by atomic mass is 9.92. The number of nitrogens with zero attached hydrogens (tertiary/aromatic N) is 2. The third-order valence-corrected chi connectivity index (χ3v) is 5.95. The number of imidazole rings is 1. The van der Waals surface area contributed by atoms with Gasteiger partial charge >= 0.3 is 6.09 Å². The Labute approximate surface area is 187 Å². The molecule has 166 valence electrons. The Bertz CT molecular complexity index is 1420. The number of hydrogen-bond donors (Lipinski definition) is 4. The molecule has 9 heteroatoms. The maximum Gasteiger partial charge on any atom is 0.411 e. The lowest BCUT2D eigenvalue weighted by Crippen LogP contribution is -2.46. The standard InChI is InChI=1S/C24H19FN4O4/c1-13(15-6-3-5-9-18(15)25)29-21(30)16-7-2-4-8-17(16)24(29,33)14-10-11-19-20(12-14)27-22(26-19)28-23(31)32/h2-13,33H,1H3,(H,31,32)(H2,26,27,28). The van der Waals surface area contributed by atoms with E-state index in [4.69, 9.17) is 5.11 Å². The van der Waals surface area contributed by atoms with Crippen LogP contribution in [0.15, 0.2) is 66.7 Å². The summed E-state index contributed by atoms with van der Waals surface area (Å²) in [4.78, 5) is 32.7. The van der Waals surface area contributed by atoms with Crippen molar-refractivity contribution in [2.45, 2.75) is 18.7 Å². The predicted molar refractivity (Wildman–Crippen MR) is 118 cm³/mol. The number of H-pyrrole nitrogens is 1. The van der Waals surface area contributed by atoms with E-state index in [1.54, 1.807) is 67.6 Å². The maximum atomic E-state index is 14.6. The Morgan fingerprint density at radius 1 is 1.15 bits per heavy atom. The number of carbonyl (C=O) groups excluding carboxylic acids is 1. The molecule has 0 spiro atoms. The van der Waals surface area contributed by atoms with Crippen molar-refractivity contribution in [3.63, 3.8) is 0 Å². The van der Waals surface area contributed by atoms with Crippen molar-refractivity contribution in [3.8, 4) is 0 Å². The van der Waals surface area contributed by atoms with Crippen molar-refractivity contribution < 1.29 is 24.2 Å². The van der Waals surface area contributed by atoms with Crippen LogP contribution in [0.3, 0.4) is 0 Å². The summed E-state index contributed by atoms with van der Waals surface area (Å²) < 4.78 is 14.6. The van der Waals surface area contributed by atoms with Crippen molar-refractivity contribution in [2.24, 2.45) is 0 Å². The summed E-state index contributed by atoms with van der Waals surface area (Å²) in [6.45, 7) is 1.66. The molecule has 33 heavy (non-hydrogen) atoms. The molecule has 3 aromatic carbocycles. The third-order valence-electron chi connectivity index (χ3n) is 5.95. The first-order valence-electron chi connectivity index (χ1n) is 10.2. The van der Waals surface area contributed by atoms with Crippen molar-refractivity contribution >= 4 is 29.0 Å². The lowest BCUT2D eigenvalue weighted by Gasteiger charge is -2.39. The summed E-state index contributed by atoms with van der Waals surface area (Å²) >= 11 is 0. The smallest absolute Gasteiger partial charge is 0.411 e. The van der Waals surface area contributed by atoms with Gasteiger partial charge in [-0.25, -0.2) is 14.2 Å². The van der Waals surface area contributed by atoms with Crippen molar-refractivity contribution in [2.75, 3.05) is 5.32 Å². The van der Waals surface area contributed by atoms with Crippen molar-refractivity contribution in [1.82, 2.24) is 14.9 Å². The van der Waals surface area contributed by atoms with E-state index in [0.29, 0.717) is 27.7 Å². The molecular weight excluding hydrogens is 427 g/mol. The molecule has 2 atom stereocenters. The zero-order valence-corrected chi connectivity index (χ0v) is 17.4. The molecule has 0 fully saturated rings. The van der Waals surface area contributed by atoms with Gasteiger partial charge in [-0.05, 0) is 31.2 Å². The van der Waals surface area contributed by atoms with E-state index in [2.05, 4.69) is 15.3 Å². The summed E-state index contributed by atoms with van der Waals surface area (Å²) in [6, 6.07) is 16.9. The highest BCUT2D eigenvalue weighted by Gasteiger charge is 2.52. The first kappa shape index (κ1) is 20.7. The number of fused-ring (bicyclic) bond motifs is 2. The van der Waals surface area contributed by atoms with Crippen LogP contribution in [-0.4, -0.2) is 37.1 Å². The number of benzene rings is 3. The zero-order chi connectivity index (χ0) is 23.3. The van der Waals surface area contributed by atoms with E-state index < -0.39 is 29.6 Å². The normalized spacial score (nSPS) is 18.4. The second kappa shape index (κ2) is 7.42. The van der Waals surface area contributed by atoms with E-state index in [-0.39, 0.29) is 11.5 Å². The molecule has 0 saturated heterocycles. The van der Waals surface area contributed by atoms with Gasteiger partial charge in [0.25, 0.3) is 5.91 Å². The highest BCUT2D eigenvalue weighted by Crippen LogP contribution is 2.47. The van der Waals surface area contributed by atoms with E-state index in [1.165, 1.54) is 11.0 Å². The molecule has 4 N–H and O–H groups in total. The highest BCUT2D eigenvalue weighted by molar-refractivity contribution is 6.01. The fourth-order valence-corrected chi connectivity index (χ4v) is 4.47. The molecule has 2 unspecified atom stereocenters. The maximum absolute atomic E-state index is 14.6. The number of nitrogens with one attached hydrogen (secondary N) is 2. The van der Waals surface area contributed by atoms with Gasteiger partial charge in [0.2, 0.25) is 5.95 Å². The second-order valence-electron chi connectivity index (χ2n) is 7.84. The first-order valence-corrected chi connectivity index (χ1v) is 10.2. The van der Waals surface area contributed by atoms with Gasteiger partial charge in [-0.15, -0.1) is 0 Å². The topological polar surface area (TPSA) is 119 Å². The summed E-state index contributed by atoms with van der Waals surface area (Å²) in [5.41, 5.74) is 0.326. The molecule has 8 nitrogen and oxygen atoms in total. The van der Waals surface area contributed by atoms with Gasteiger partial charge in [-0.3, -0.25) is 15.0 Å². The Kier molecular flexibility index (Phi) is 4.64. The number of rotatable bonds is 4. The molecule has 0 aliphatic carbocycles. The lowest BCUT2D eigenvalue weighted by molar-refractivity contribution is -0.0681.